The Morgan fingerprint density at radius 2 is 2.10 bits per heavy atom. The first kappa shape index (κ1) is 16.1. The molecule has 0 amide bonds. The summed E-state index contributed by atoms with van der Waals surface area (Å²) < 4.78 is 1.99. The number of thiazole rings is 1. The highest BCUT2D eigenvalue weighted by molar-refractivity contribution is 9.11. The molecule has 0 aliphatic rings. The molecule has 1 unspecified atom stereocenters. The van der Waals surface area contributed by atoms with Gasteiger partial charge in [-0.15, -0.1) is 11.3 Å². The van der Waals surface area contributed by atoms with E-state index in [0.717, 1.165) is 38.3 Å². The van der Waals surface area contributed by atoms with Gasteiger partial charge in [-0.1, -0.05) is 6.92 Å². The van der Waals surface area contributed by atoms with Crippen LogP contribution in [0.4, 0.5) is 0 Å². The number of hydrogen-bond donors (Lipinski definition) is 1. The van der Waals surface area contributed by atoms with Crippen molar-refractivity contribution in [2.24, 2.45) is 0 Å². The number of aromatic nitrogens is 2. The molecule has 0 saturated carbocycles. The van der Waals surface area contributed by atoms with Crippen LogP contribution in [0.1, 0.15) is 34.2 Å². The summed E-state index contributed by atoms with van der Waals surface area (Å²) in [6.07, 6.45) is 2.70. The summed E-state index contributed by atoms with van der Waals surface area (Å²) in [7, 11) is 0. The minimum absolute atomic E-state index is 0.174. The predicted molar refractivity (Wildman–Crippen MR) is 91.3 cm³/mol. The second kappa shape index (κ2) is 7.11. The summed E-state index contributed by atoms with van der Waals surface area (Å²) in [6, 6.07) is 2.21. The summed E-state index contributed by atoms with van der Waals surface area (Å²) in [5.41, 5.74) is 2.16. The van der Waals surface area contributed by atoms with Crippen molar-refractivity contribution >= 4 is 43.2 Å². The molecule has 0 aliphatic heterocycles. The van der Waals surface area contributed by atoms with Gasteiger partial charge in [-0.2, -0.15) is 0 Å². The Bertz CT molecular complexity index is 579. The second-order valence-electron chi connectivity index (χ2n) is 4.58. The van der Waals surface area contributed by atoms with Crippen molar-refractivity contribution in [1.82, 2.24) is 15.3 Å². The fourth-order valence-corrected chi connectivity index (χ4v) is 4.24. The van der Waals surface area contributed by atoms with Crippen LogP contribution < -0.4 is 5.32 Å². The third-order valence-corrected chi connectivity index (χ3v) is 5.23. The quantitative estimate of drug-likeness (QED) is 0.772. The molecule has 3 nitrogen and oxygen atoms in total. The molecule has 0 radical (unpaired) electrons. The molecule has 2 aromatic rings. The minimum Gasteiger partial charge on any atom is -0.309 e. The Morgan fingerprint density at radius 3 is 2.65 bits per heavy atom. The number of nitrogens with zero attached hydrogens (tertiary/aromatic N) is 2. The predicted octanol–water partition coefficient (Wildman–Crippen LogP) is 4.57. The zero-order chi connectivity index (χ0) is 14.7. The Morgan fingerprint density at radius 1 is 1.35 bits per heavy atom. The Labute approximate surface area is 140 Å². The van der Waals surface area contributed by atoms with Crippen LogP contribution in [0.5, 0.6) is 0 Å². The first-order chi connectivity index (χ1) is 9.51. The van der Waals surface area contributed by atoms with E-state index in [1.165, 1.54) is 4.88 Å². The normalized spacial score (nSPS) is 12.7. The number of likely N-dealkylation sites (N-methyl/N-ethyl adjacent to an activating group) is 1. The van der Waals surface area contributed by atoms with Gasteiger partial charge in [0.1, 0.15) is 0 Å². The van der Waals surface area contributed by atoms with E-state index in [9.17, 15) is 0 Å². The number of halogens is 2. The van der Waals surface area contributed by atoms with Crippen LogP contribution in [0, 0.1) is 13.8 Å². The first-order valence-corrected chi connectivity index (χ1v) is 8.88. The van der Waals surface area contributed by atoms with Crippen molar-refractivity contribution < 1.29 is 0 Å². The zero-order valence-electron chi connectivity index (χ0n) is 11.7. The average molecular weight is 419 g/mol. The van der Waals surface area contributed by atoms with E-state index in [0.29, 0.717) is 0 Å². The fraction of sp³-hybridized carbons (Fsp3) is 0.429. The van der Waals surface area contributed by atoms with Gasteiger partial charge in [-0.05, 0) is 58.3 Å². The highest BCUT2D eigenvalue weighted by Crippen LogP contribution is 2.28. The molecule has 0 fully saturated rings. The van der Waals surface area contributed by atoms with E-state index in [1.54, 1.807) is 11.3 Å². The smallest absolute Gasteiger partial charge is 0.0950 e. The SMILES string of the molecule is CCNC(Cc1nc(C)c(C)s1)c1ncc(Br)cc1Br. The highest BCUT2D eigenvalue weighted by atomic mass is 79.9. The number of hydrogen-bond acceptors (Lipinski definition) is 4. The van der Waals surface area contributed by atoms with Gasteiger partial charge in [0.15, 0.2) is 0 Å². The Kier molecular flexibility index (Phi) is 5.72. The third kappa shape index (κ3) is 3.87. The van der Waals surface area contributed by atoms with Crippen molar-refractivity contribution in [2.45, 2.75) is 33.2 Å². The van der Waals surface area contributed by atoms with E-state index in [4.69, 9.17) is 0 Å². The largest absolute Gasteiger partial charge is 0.309 e. The van der Waals surface area contributed by atoms with E-state index in [2.05, 4.69) is 67.9 Å². The van der Waals surface area contributed by atoms with Gasteiger partial charge < -0.3 is 5.32 Å². The van der Waals surface area contributed by atoms with Crippen molar-refractivity contribution in [3.63, 3.8) is 0 Å². The number of aryl methyl sites for hydroxylation is 2. The summed E-state index contributed by atoms with van der Waals surface area (Å²) in [6.45, 7) is 7.19. The topological polar surface area (TPSA) is 37.8 Å². The third-order valence-electron chi connectivity index (χ3n) is 3.07. The van der Waals surface area contributed by atoms with Gasteiger partial charge in [0, 0.05) is 26.4 Å². The maximum atomic E-state index is 4.63. The van der Waals surface area contributed by atoms with Crippen molar-refractivity contribution in [1.29, 1.82) is 0 Å². The molecule has 20 heavy (non-hydrogen) atoms. The fourth-order valence-electron chi connectivity index (χ4n) is 1.99. The molecular formula is C14H17Br2N3S. The van der Waals surface area contributed by atoms with Gasteiger partial charge in [-0.3, -0.25) is 4.98 Å². The average Bonchev–Trinajstić information content (AvgIpc) is 2.68. The van der Waals surface area contributed by atoms with E-state index in [1.807, 2.05) is 12.3 Å². The van der Waals surface area contributed by atoms with Crippen molar-refractivity contribution in [3.8, 4) is 0 Å². The molecule has 6 heteroatoms. The van der Waals surface area contributed by atoms with E-state index >= 15 is 0 Å². The monoisotopic (exact) mass is 417 g/mol. The van der Waals surface area contributed by atoms with Gasteiger partial charge in [0.05, 0.1) is 22.4 Å². The molecule has 0 spiro atoms. The van der Waals surface area contributed by atoms with Crippen LogP contribution in [0.3, 0.4) is 0 Å². The van der Waals surface area contributed by atoms with Crippen LogP contribution in [0.15, 0.2) is 21.2 Å². The van der Waals surface area contributed by atoms with Gasteiger partial charge in [0.25, 0.3) is 0 Å². The number of pyridine rings is 1. The summed E-state index contributed by atoms with van der Waals surface area (Å²) in [5.74, 6) is 0. The van der Waals surface area contributed by atoms with Crippen LogP contribution in [0.2, 0.25) is 0 Å². The molecule has 1 N–H and O–H groups in total. The van der Waals surface area contributed by atoms with E-state index < -0.39 is 0 Å². The standard InChI is InChI=1S/C14H17Br2N3S/c1-4-17-12(6-13-19-8(2)9(3)20-13)14-11(16)5-10(15)7-18-14/h5,7,12,17H,4,6H2,1-3H3. The lowest BCUT2D eigenvalue weighted by atomic mass is 10.1. The maximum Gasteiger partial charge on any atom is 0.0950 e. The molecular weight excluding hydrogens is 402 g/mol. The lowest BCUT2D eigenvalue weighted by Gasteiger charge is -2.17. The molecule has 0 saturated heterocycles. The number of nitrogens with one attached hydrogen (secondary N) is 1. The van der Waals surface area contributed by atoms with Gasteiger partial charge in [0.2, 0.25) is 0 Å². The summed E-state index contributed by atoms with van der Waals surface area (Å²) in [5, 5.41) is 4.65. The molecule has 1 atom stereocenters. The maximum absolute atomic E-state index is 4.63. The molecule has 108 valence electrons. The molecule has 2 heterocycles. The Balaban J connectivity index is 2.26. The highest BCUT2D eigenvalue weighted by Gasteiger charge is 2.18. The van der Waals surface area contributed by atoms with E-state index in [-0.39, 0.29) is 6.04 Å². The van der Waals surface area contributed by atoms with Crippen LogP contribution in [0.25, 0.3) is 0 Å². The summed E-state index contributed by atoms with van der Waals surface area (Å²) in [4.78, 5) is 10.5. The number of rotatable bonds is 5. The van der Waals surface area contributed by atoms with Gasteiger partial charge in [-0.25, -0.2) is 4.98 Å². The van der Waals surface area contributed by atoms with Crippen LogP contribution in [-0.4, -0.2) is 16.5 Å². The molecule has 0 aromatic carbocycles. The van der Waals surface area contributed by atoms with Gasteiger partial charge >= 0.3 is 0 Å². The summed E-state index contributed by atoms with van der Waals surface area (Å²) >= 11 is 8.81. The van der Waals surface area contributed by atoms with Crippen LogP contribution in [-0.2, 0) is 6.42 Å². The molecule has 0 aliphatic carbocycles. The lowest BCUT2D eigenvalue weighted by molar-refractivity contribution is 0.533. The lowest BCUT2D eigenvalue weighted by Crippen LogP contribution is -2.24. The Hall–Kier alpha value is -0.300. The molecule has 2 aromatic heterocycles. The zero-order valence-corrected chi connectivity index (χ0v) is 15.7. The van der Waals surface area contributed by atoms with Crippen molar-refractivity contribution in [3.05, 3.63) is 42.5 Å². The van der Waals surface area contributed by atoms with Crippen LogP contribution >= 0.6 is 43.2 Å². The molecule has 0 bridgehead atoms. The minimum atomic E-state index is 0.174. The second-order valence-corrected chi connectivity index (χ2v) is 7.64. The van der Waals surface area contributed by atoms with Crippen molar-refractivity contribution in [2.75, 3.05) is 6.54 Å². The molecule has 2 rings (SSSR count). The first-order valence-electron chi connectivity index (χ1n) is 6.48.